The summed E-state index contributed by atoms with van der Waals surface area (Å²) in [6, 6.07) is 0. The van der Waals surface area contributed by atoms with Crippen LogP contribution in [0.15, 0.2) is 11.3 Å². The monoisotopic (exact) mass is 507 g/mol. The van der Waals surface area contributed by atoms with Crippen LogP contribution in [0.3, 0.4) is 0 Å². The van der Waals surface area contributed by atoms with Crippen molar-refractivity contribution in [1.82, 2.24) is 30.3 Å². The Hall–Kier alpha value is -0.940. The van der Waals surface area contributed by atoms with Crippen molar-refractivity contribution in [3.8, 4) is 0 Å². The van der Waals surface area contributed by atoms with Gasteiger partial charge in [-0.1, -0.05) is 20.8 Å². The zero-order chi connectivity index (χ0) is 19.3. The minimum absolute atomic E-state index is 0. The third-order valence-corrected chi connectivity index (χ3v) is 4.68. The van der Waals surface area contributed by atoms with Crippen molar-refractivity contribution in [2.75, 3.05) is 52.5 Å². The van der Waals surface area contributed by atoms with Gasteiger partial charge in [-0.3, -0.25) is 9.89 Å². The van der Waals surface area contributed by atoms with E-state index in [0.29, 0.717) is 5.92 Å². The predicted molar refractivity (Wildman–Crippen MR) is 124 cm³/mol. The first-order chi connectivity index (χ1) is 13.2. The molecule has 1 aliphatic rings. The van der Waals surface area contributed by atoms with Crippen LogP contribution in [0.4, 0.5) is 0 Å². The third kappa shape index (κ3) is 10.0. The summed E-state index contributed by atoms with van der Waals surface area (Å²) in [6.45, 7) is 14.9. The van der Waals surface area contributed by atoms with E-state index in [2.05, 4.69) is 51.1 Å². The number of nitrogens with one attached hydrogen (secondary N) is 2. The Kier molecular flexibility index (Phi) is 13.4. The van der Waals surface area contributed by atoms with Crippen molar-refractivity contribution < 1.29 is 4.74 Å². The number of morpholine rings is 1. The van der Waals surface area contributed by atoms with Crippen LogP contribution in [-0.2, 0) is 17.7 Å². The maximum atomic E-state index is 5.40. The molecule has 1 saturated heterocycles. The fraction of sp³-hybridized carbons (Fsp3) is 0.842. The number of nitrogens with zero attached hydrogens (tertiary/aromatic N) is 5. The number of aryl methyl sites for hydroxylation is 1. The topological polar surface area (TPSA) is 79.6 Å². The molecule has 0 aliphatic carbocycles. The van der Waals surface area contributed by atoms with Crippen molar-refractivity contribution in [3.05, 3.63) is 12.2 Å². The van der Waals surface area contributed by atoms with Crippen LogP contribution < -0.4 is 10.6 Å². The number of aromatic nitrogens is 3. The van der Waals surface area contributed by atoms with Gasteiger partial charge in [0.05, 0.1) is 13.2 Å². The number of rotatable bonds is 11. The maximum Gasteiger partial charge on any atom is 0.191 e. The second kappa shape index (κ2) is 15.0. The molecule has 0 spiro atoms. The molecule has 8 nitrogen and oxygen atoms in total. The first-order valence-electron chi connectivity index (χ1n) is 10.4. The summed E-state index contributed by atoms with van der Waals surface area (Å²) >= 11 is 0. The number of hydrogen-bond donors (Lipinski definition) is 2. The highest BCUT2D eigenvalue weighted by atomic mass is 127. The minimum atomic E-state index is 0. The molecule has 0 radical (unpaired) electrons. The zero-order valence-corrected chi connectivity index (χ0v) is 20.0. The summed E-state index contributed by atoms with van der Waals surface area (Å²) in [5, 5.41) is 15.0. The summed E-state index contributed by atoms with van der Waals surface area (Å²) in [6.07, 6.45) is 4.91. The van der Waals surface area contributed by atoms with Gasteiger partial charge < -0.3 is 19.9 Å². The summed E-state index contributed by atoms with van der Waals surface area (Å²) < 4.78 is 7.49. The fourth-order valence-electron chi connectivity index (χ4n) is 3.00. The van der Waals surface area contributed by atoms with Gasteiger partial charge in [-0.15, -0.1) is 34.2 Å². The number of halogens is 1. The maximum absolute atomic E-state index is 5.40. The van der Waals surface area contributed by atoms with Crippen LogP contribution in [0.1, 0.15) is 39.4 Å². The molecular formula is C19H38IN7O. The second-order valence-corrected chi connectivity index (χ2v) is 7.37. The Balaban J connectivity index is 0.00000392. The Labute approximate surface area is 186 Å². The number of guanidine groups is 1. The van der Waals surface area contributed by atoms with E-state index < -0.39 is 0 Å². The van der Waals surface area contributed by atoms with Gasteiger partial charge in [0.15, 0.2) is 5.96 Å². The van der Waals surface area contributed by atoms with Gasteiger partial charge in [0.2, 0.25) is 0 Å². The van der Waals surface area contributed by atoms with E-state index in [-0.39, 0.29) is 24.0 Å². The van der Waals surface area contributed by atoms with Gasteiger partial charge >= 0.3 is 0 Å². The van der Waals surface area contributed by atoms with Gasteiger partial charge in [-0.05, 0) is 18.8 Å². The average molecular weight is 507 g/mol. The van der Waals surface area contributed by atoms with Crippen molar-refractivity contribution in [1.29, 1.82) is 0 Å². The van der Waals surface area contributed by atoms with Gasteiger partial charge in [-0.2, -0.15) is 0 Å². The van der Waals surface area contributed by atoms with Crippen LogP contribution >= 0.6 is 24.0 Å². The molecule has 9 heteroatoms. The van der Waals surface area contributed by atoms with E-state index in [1.54, 1.807) is 6.33 Å². The number of ether oxygens (including phenoxy) is 1. The lowest BCUT2D eigenvalue weighted by molar-refractivity contribution is 0.0377. The van der Waals surface area contributed by atoms with Gasteiger partial charge in [-0.25, -0.2) is 0 Å². The number of aliphatic imine (C=N–C) groups is 1. The highest BCUT2D eigenvalue weighted by molar-refractivity contribution is 14.0. The van der Waals surface area contributed by atoms with Gasteiger partial charge in [0.1, 0.15) is 12.2 Å². The SMILES string of the molecule is CCc1nncn1CCNC(=NCCCN1CCOCC1)NCCC(C)C.I. The average Bonchev–Trinajstić information content (AvgIpc) is 3.13. The van der Waals surface area contributed by atoms with E-state index in [4.69, 9.17) is 9.73 Å². The summed E-state index contributed by atoms with van der Waals surface area (Å²) in [5.74, 6) is 2.61. The molecule has 2 heterocycles. The van der Waals surface area contributed by atoms with E-state index in [0.717, 1.165) is 90.1 Å². The van der Waals surface area contributed by atoms with Crippen LogP contribution in [0, 0.1) is 5.92 Å². The molecule has 2 rings (SSSR count). The van der Waals surface area contributed by atoms with Crippen LogP contribution in [-0.4, -0.2) is 78.1 Å². The zero-order valence-electron chi connectivity index (χ0n) is 17.7. The normalized spacial score (nSPS) is 15.5. The Morgan fingerprint density at radius 1 is 1.21 bits per heavy atom. The first-order valence-corrected chi connectivity index (χ1v) is 10.4. The molecule has 1 fully saturated rings. The highest BCUT2D eigenvalue weighted by Crippen LogP contribution is 1.99. The van der Waals surface area contributed by atoms with Crippen LogP contribution in [0.2, 0.25) is 0 Å². The molecule has 1 aliphatic heterocycles. The second-order valence-electron chi connectivity index (χ2n) is 7.37. The highest BCUT2D eigenvalue weighted by Gasteiger charge is 2.09. The molecule has 0 bridgehead atoms. The molecule has 162 valence electrons. The van der Waals surface area contributed by atoms with Crippen LogP contribution in [0.25, 0.3) is 0 Å². The van der Waals surface area contributed by atoms with E-state index >= 15 is 0 Å². The lowest BCUT2D eigenvalue weighted by atomic mass is 10.1. The fourth-order valence-corrected chi connectivity index (χ4v) is 3.00. The molecule has 0 atom stereocenters. The van der Waals surface area contributed by atoms with E-state index in [1.807, 2.05) is 0 Å². The van der Waals surface area contributed by atoms with Crippen molar-refractivity contribution in [3.63, 3.8) is 0 Å². The third-order valence-electron chi connectivity index (χ3n) is 4.68. The predicted octanol–water partition coefficient (Wildman–Crippen LogP) is 1.76. The molecule has 0 unspecified atom stereocenters. The molecule has 0 amide bonds. The molecule has 28 heavy (non-hydrogen) atoms. The Morgan fingerprint density at radius 2 is 1.96 bits per heavy atom. The molecule has 2 N–H and O–H groups in total. The smallest absolute Gasteiger partial charge is 0.191 e. The summed E-state index contributed by atoms with van der Waals surface area (Å²) in [4.78, 5) is 7.22. The van der Waals surface area contributed by atoms with Gasteiger partial charge in [0, 0.05) is 52.2 Å². The lowest BCUT2D eigenvalue weighted by Gasteiger charge is -2.26. The van der Waals surface area contributed by atoms with Gasteiger partial charge in [0.25, 0.3) is 0 Å². The van der Waals surface area contributed by atoms with Crippen molar-refractivity contribution in [2.24, 2.45) is 10.9 Å². The summed E-state index contributed by atoms with van der Waals surface area (Å²) in [5.41, 5.74) is 0. The number of hydrogen-bond acceptors (Lipinski definition) is 5. The molecule has 1 aromatic heterocycles. The van der Waals surface area contributed by atoms with Crippen LogP contribution in [0.5, 0.6) is 0 Å². The molecule has 1 aromatic rings. The standard InChI is InChI=1S/C19H37N7O.HI/c1-4-18-24-23-16-26(18)11-9-22-19(21-8-6-17(2)3)20-7-5-10-25-12-14-27-15-13-25;/h16-17H,4-15H2,1-3H3,(H2,20,21,22);1H. The van der Waals surface area contributed by atoms with Crippen molar-refractivity contribution in [2.45, 2.75) is 46.6 Å². The minimum Gasteiger partial charge on any atom is -0.379 e. The van der Waals surface area contributed by atoms with E-state index in [1.165, 1.54) is 0 Å². The molecule has 0 saturated carbocycles. The quantitative estimate of drug-likeness (QED) is 0.206. The largest absolute Gasteiger partial charge is 0.379 e. The first kappa shape index (κ1) is 25.1. The lowest BCUT2D eigenvalue weighted by Crippen LogP contribution is -2.40. The molecule has 0 aromatic carbocycles. The molecular weight excluding hydrogens is 469 g/mol. The Bertz CT molecular complexity index is 544. The van der Waals surface area contributed by atoms with Crippen molar-refractivity contribution >= 4 is 29.9 Å². The summed E-state index contributed by atoms with van der Waals surface area (Å²) in [7, 11) is 0. The van der Waals surface area contributed by atoms with E-state index in [9.17, 15) is 0 Å². The Morgan fingerprint density at radius 3 is 2.68 bits per heavy atom.